The Morgan fingerprint density at radius 1 is 1.15 bits per heavy atom. The predicted octanol–water partition coefficient (Wildman–Crippen LogP) is 3.24. The van der Waals surface area contributed by atoms with Gasteiger partial charge in [0.05, 0.1) is 11.2 Å². The number of sulfone groups is 1. The third-order valence-corrected chi connectivity index (χ3v) is 6.53. The summed E-state index contributed by atoms with van der Waals surface area (Å²) in [6, 6.07) is 11.5. The highest BCUT2D eigenvalue weighted by Crippen LogP contribution is 2.29. The van der Waals surface area contributed by atoms with Crippen molar-refractivity contribution in [2.24, 2.45) is 0 Å². The Morgan fingerprint density at radius 3 is 2.59 bits per heavy atom. The maximum absolute atomic E-state index is 13.3. The number of nitrogens with one attached hydrogen (secondary N) is 1. The molecule has 140 valence electrons. The minimum absolute atomic E-state index is 0.0967. The average molecular weight is 384 g/mol. The maximum Gasteiger partial charge on any atom is 0.287 e. The lowest BCUT2D eigenvalue weighted by Gasteiger charge is -2.19. The molecule has 1 aromatic carbocycles. The van der Waals surface area contributed by atoms with Gasteiger partial charge >= 0.3 is 0 Å². The average Bonchev–Trinajstić information content (AvgIpc) is 3.19. The van der Waals surface area contributed by atoms with Crippen LogP contribution in [0.4, 0.5) is 0 Å². The molecule has 2 heterocycles. The van der Waals surface area contributed by atoms with Crippen LogP contribution in [0.25, 0.3) is 0 Å². The SMILES string of the molecule is Cc1ccc(S(=O)(=O)[C@@H](CNC(=O)c2ccco2)c2cccnc2)cc1C. The van der Waals surface area contributed by atoms with Crippen LogP contribution in [0.15, 0.2) is 70.4 Å². The molecule has 6 nitrogen and oxygen atoms in total. The summed E-state index contributed by atoms with van der Waals surface area (Å²) >= 11 is 0. The van der Waals surface area contributed by atoms with Gasteiger partial charge in [0, 0.05) is 18.9 Å². The van der Waals surface area contributed by atoms with Gasteiger partial charge in [0.1, 0.15) is 5.25 Å². The molecule has 0 fully saturated rings. The Morgan fingerprint density at radius 2 is 1.96 bits per heavy atom. The number of rotatable bonds is 6. The van der Waals surface area contributed by atoms with Gasteiger partial charge in [-0.3, -0.25) is 9.78 Å². The summed E-state index contributed by atoms with van der Waals surface area (Å²) in [6.07, 6.45) is 4.46. The Balaban J connectivity index is 1.94. The van der Waals surface area contributed by atoms with Gasteiger partial charge in [0.15, 0.2) is 15.6 Å². The Bertz CT molecular complexity index is 1030. The number of carbonyl (C=O) groups excluding carboxylic acids is 1. The van der Waals surface area contributed by atoms with Crippen molar-refractivity contribution in [3.63, 3.8) is 0 Å². The van der Waals surface area contributed by atoms with Crippen molar-refractivity contribution in [2.75, 3.05) is 6.54 Å². The Hall–Kier alpha value is -2.93. The van der Waals surface area contributed by atoms with E-state index in [1.54, 1.807) is 42.6 Å². The van der Waals surface area contributed by atoms with Crippen LogP contribution in [0.5, 0.6) is 0 Å². The van der Waals surface area contributed by atoms with Crippen LogP contribution in [0, 0.1) is 13.8 Å². The first-order valence-electron chi connectivity index (χ1n) is 8.42. The van der Waals surface area contributed by atoms with Gasteiger partial charge in [0.25, 0.3) is 5.91 Å². The third kappa shape index (κ3) is 4.09. The van der Waals surface area contributed by atoms with Crippen LogP contribution in [0.2, 0.25) is 0 Å². The first-order valence-corrected chi connectivity index (χ1v) is 9.97. The number of pyridine rings is 1. The van der Waals surface area contributed by atoms with Crippen LogP contribution < -0.4 is 5.32 Å². The largest absolute Gasteiger partial charge is 0.459 e. The summed E-state index contributed by atoms with van der Waals surface area (Å²) in [5.41, 5.74) is 2.41. The lowest BCUT2D eigenvalue weighted by Crippen LogP contribution is -2.31. The van der Waals surface area contributed by atoms with E-state index < -0.39 is 21.0 Å². The van der Waals surface area contributed by atoms with E-state index in [0.717, 1.165) is 11.1 Å². The summed E-state index contributed by atoms with van der Waals surface area (Å²) < 4.78 is 31.6. The number of hydrogen-bond donors (Lipinski definition) is 1. The molecule has 1 amide bonds. The molecule has 0 saturated heterocycles. The highest BCUT2D eigenvalue weighted by atomic mass is 32.2. The molecule has 0 aliphatic carbocycles. The van der Waals surface area contributed by atoms with Gasteiger partial charge in [-0.05, 0) is 60.9 Å². The molecule has 27 heavy (non-hydrogen) atoms. The molecule has 0 bridgehead atoms. The van der Waals surface area contributed by atoms with Crippen LogP contribution in [-0.2, 0) is 9.84 Å². The van der Waals surface area contributed by atoms with Crippen molar-refractivity contribution < 1.29 is 17.6 Å². The van der Waals surface area contributed by atoms with E-state index in [4.69, 9.17) is 4.42 Å². The molecule has 1 N–H and O–H groups in total. The summed E-state index contributed by atoms with van der Waals surface area (Å²) in [6.45, 7) is 3.69. The molecule has 3 rings (SSSR count). The minimum atomic E-state index is -3.74. The molecule has 2 aromatic heterocycles. The zero-order chi connectivity index (χ0) is 19.4. The van der Waals surface area contributed by atoms with E-state index >= 15 is 0 Å². The van der Waals surface area contributed by atoms with Gasteiger partial charge in [-0.2, -0.15) is 0 Å². The number of amides is 1. The van der Waals surface area contributed by atoms with E-state index in [1.807, 2.05) is 13.8 Å². The Labute approximate surface area is 158 Å². The minimum Gasteiger partial charge on any atom is -0.459 e. The molecule has 0 radical (unpaired) electrons. The fraction of sp³-hybridized carbons (Fsp3) is 0.200. The maximum atomic E-state index is 13.3. The van der Waals surface area contributed by atoms with Crippen molar-refractivity contribution in [1.29, 1.82) is 0 Å². The second-order valence-electron chi connectivity index (χ2n) is 6.25. The zero-order valence-electron chi connectivity index (χ0n) is 15.0. The van der Waals surface area contributed by atoms with E-state index in [2.05, 4.69) is 10.3 Å². The molecule has 0 aliphatic rings. The van der Waals surface area contributed by atoms with Gasteiger partial charge in [-0.15, -0.1) is 0 Å². The number of benzene rings is 1. The normalized spacial score (nSPS) is 12.5. The fourth-order valence-electron chi connectivity index (χ4n) is 2.71. The highest BCUT2D eigenvalue weighted by Gasteiger charge is 2.30. The van der Waals surface area contributed by atoms with Crippen molar-refractivity contribution in [3.8, 4) is 0 Å². The standard InChI is InChI=1S/C20H20N2O4S/c1-14-7-8-17(11-15(14)2)27(24,25)19(16-5-3-9-21-12-16)13-22-20(23)18-6-4-10-26-18/h3-12,19H,13H2,1-2H3,(H,22,23)/t19-/m0/s1. The van der Waals surface area contributed by atoms with Crippen molar-refractivity contribution in [2.45, 2.75) is 24.0 Å². The molecule has 0 unspecified atom stereocenters. The number of carbonyl (C=O) groups is 1. The lowest BCUT2D eigenvalue weighted by molar-refractivity contribution is 0.0926. The van der Waals surface area contributed by atoms with E-state index in [0.29, 0.717) is 5.56 Å². The van der Waals surface area contributed by atoms with Gasteiger partial charge < -0.3 is 9.73 Å². The Kier molecular flexibility index (Phi) is 5.41. The van der Waals surface area contributed by atoms with Gasteiger partial charge in [0.2, 0.25) is 0 Å². The van der Waals surface area contributed by atoms with Crippen molar-refractivity contribution in [3.05, 3.63) is 83.6 Å². The number of aryl methyl sites for hydroxylation is 2. The van der Waals surface area contributed by atoms with Crippen LogP contribution in [0.3, 0.4) is 0 Å². The zero-order valence-corrected chi connectivity index (χ0v) is 15.9. The summed E-state index contributed by atoms with van der Waals surface area (Å²) in [7, 11) is -3.74. The molecule has 0 aliphatic heterocycles. The summed E-state index contributed by atoms with van der Waals surface area (Å²) in [4.78, 5) is 16.4. The van der Waals surface area contributed by atoms with Crippen molar-refractivity contribution >= 4 is 15.7 Å². The number of nitrogens with zero attached hydrogens (tertiary/aromatic N) is 1. The van der Waals surface area contributed by atoms with E-state index in [9.17, 15) is 13.2 Å². The summed E-state index contributed by atoms with van der Waals surface area (Å²) in [5, 5.41) is 1.68. The molecule has 1 atom stereocenters. The second kappa shape index (κ2) is 7.75. The van der Waals surface area contributed by atoms with Gasteiger partial charge in [-0.1, -0.05) is 12.1 Å². The second-order valence-corrected chi connectivity index (χ2v) is 8.38. The number of aromatic nitrogens is 1. The molecular weight excluding hydrogens is 364 g/mol. The predicted molar refractivity (Wildman–Crippen MR) is 101 cm³/mol. The molecule has 0 spiro atoms. The lowest BCUT2D eigenvalue weighted by atomic mass is 10.1. The highest BCUT2D eigenvalue weighted by molar-refractivity contribution is 7.91. The fourth-order valence-corrected chi connectivity index (χ4v) is 4.44. The van der Waals surface area contributed by atoms with Gasteiger partial charge in [-0.25, -0.2) is 8.42 Å². The van der Waals surface area contributed by atoms with E-state index in [-0.39, 0.29) is 17.2 Å². The first-order chi connectivity index (χ1) is 12.9. The monoisotopic (exact) mass is 384 g/mol. The first kappa shape index (κ1) is 18.8. The molecule has 0 saturated carbocycles. The van der Waals surface area contributed by atoms with Crippen molar-refractivity contribution in [1.82, 2.24) is 10.3 Å². The topological polar surface area (TPSA) is 89.3 Å². The number of furan rings is 1. The smallest absolute Gasteiger partial charge is 0.287 e. The number of hydrogen-bond acceptors (Lipinski definition) is 5. The molecule has 7 heteroatoms. The molecular formula is C20H20N2O4S. The van der Waals surface area contributed by atoms with Crippen LogP contribution in [0.1, 0.15) is 32.5 Å². The van der Waals surface area contributed by atoms with Crippen LogP contribution in [-0.4, -0.2) is 25.9 Å². The summed E-state index contributed by atoms with van der Waals surface area (Å²) in [5.74, 6) is -0.340. The van der Waals surface area contributed by atoms with E-state index in [1.165, 1.54) is 18.5 Å². The quantitative estimate of drug-likeness (QED) is 0.705. The molecule has 3 aromatic rings. The third-order valence-electron chi connectivity index (χ3n) is 4.43. The van der Waals surface area contributed by atoms with Crippen LogP contribution >= 0.6 is 0 Å².